The molecule has 1 aliphatic rings. The van der Waals surface area contributed by atoms with Crippen LogP contribution in [0.3, 0.4) is 0 Å². The molecule has 0 saturated carbocycles. The van der Waals surface area contributed by atoms with Gasteiger partial charge >= 0.3 is 0 Å². The molecule has 0 unspecified atom stereocenters. The van der Waals surface area contributed by atoms with Gasteiger partial charge in [-0.3, -0.25) is 9.69 Å². The third-order valence-corrected chi connectivity index (χ3v) is 5.49. The number of nitrogens with zero attached hydrogens (tertiary/aromatic N) is 2. The quantitative estimate of drug-likeness (QED) is 0.661. The van der Waals surface area contributed by atoms with Gasteiger partial charge < -0.3 is 4.90 Å². The number of carbonyl (C=O) groups is 1. The summed E-state index contributed by atoms with van der Waals surface area (Å²) < 4.78 is 0. The zero-order chi connectivity index (χ0) is 19.4. The number of hydrogen-bond donors (Lipinski definition) is 0. The monoisotopic (exact) mass is 402 g/mol. The molecule has 2 aromatic carbocycles. The zero-order valence-corrected chi connectivity index (χ0v) is 17.1. The van der Waals surface area contributed by atoms with E-state index in [4.69, 9.17) is 23.2 Å². The molecule has 0 aliphatic carbocycles. The van der Waals surface area contributed by atoms with Gasteiger partial charge in [-0.15, -0.1) is 0 Å². The van der Waals surface area contributed by atoms with Gasteiger partial charge in [0.15, 0.2) is 0 Å². The first kappa shape index (κ1) is 19.9. The summed E-state index contributed by atoms with van der Waals surface area (Å²) in [5, 5.41) is 1.45. The fourth-order valence-corrected chi connectivity index (χ4v) is 3.64. The Morgan fingerprint density at radius 2 is 1.56 bits per heavy atom. The smallest absolute Gasteiger partial charge is 0.246 e. The van der Waals surface area contributed by atoms with E-state index in [-0.39, 0.29) is 11.9 Å². The van der Waals surface area contributed by atoms with Crippen molar-refractivity contribution in [3.63, 3.8) is 0 Å². The van der Waals surface area contributed by atoms with Crippen LogP contribution in [-0.4, -0.2) is 40.9 Å². The molecular formula is C22H24Cl2N2O. The first-order chi connectivity index (χ1) is 12.9. The van der Waals surface area contributed by atoms with Gasteiger partial charge in [0.1, 0.15) is 0 Å². The maximum absolute atomic E-state index is 12.7. The van der Waals surface area contributed by atoms with Gasteiger partial charge in [-0.2, -0.15) is 0 Å². The summed E-state index contributed by atoms with van der Waals surface area (Å²) in [5.74, 6) is 0.0513. The van der Waals surface area contributed by atoms with Gasteiger partial charge in [0.2, 0.25) is 5.91 Å². The highest BCUT2D eigenvalue weighted by Crippen LogP contribution is 2.20. The van der Waals surface area contributed by atoms with Gasteiger partial charge in [0.25, 0.3) is 0 Å². The Balaban J connectivity index is 1.61. The van der Waals surface area contributed by atoms with Crippen molar-refractivity contribution in [2.24, 2.45) is 0 Å². The SMILES string of the molecule is C[C@@H]1CN(Cc2ccc(Cl)cc2)[C@@H](C)CN1C(=O)/C=C/c1ccc(Cl)cc1. The largest absolute Gasteiger partial charge is 0.334 e. The number of piperazine rings is 1. The minimum atomic E-state index is 0.0513. The standard InChI is InChI=1S/C22H24Cl2N2O/c1-16-14-26(22(27)12-7-18-3-8-20(23)9-4-18)17(2)13-25(16)15-19-5-10-21(24)11-6-19/h3-12,16-17H,13-15H2,1-2H3/b12-7+/t16-,17+/m0/s1. The average Bonchev–Trinajstić information content (AvgIpc) is 2.65. The van der Waals surface area contributed by atoms with Crippen LogP contribution >= 0.6 is 23.2 Å². The first-order valence-electron chi connectivity index (χ1n) is 9.15. The van der Waals surface area contributed by atoms with Crippen LogP contribution in [-0.2, 0) is 11.3 Å². The predicted octanol–water partition coefficient (Wildman–Crippen LogP) is 5.13. The van der Waals surface area contributed by atoms with E-state index in [1.807, 2.05) is 47.4 Å². The molecule has 0 spiro atoms. The van der Waals surface area contributed by atoms with Gasteiger partial charge in [0, 0.05) is 47.8 Å². The lowest BCUT2D eigenvalue weighted by atomic mass is 10.1. The van der Waals surface area contributed by atoms with E-state index in [9.17, 15) is 4.79 Å². The average molecular weight is 403 g/mol. The van der Waals surface area contributed by atoms with Crippen molar-refractivity contribution < 1.29 is 4.79 Å². The molecule has 0 N–H and O–H groups in total. The highest BCUT2D eigenvalue weighted by atomic mass is 35.5. The van der Waals surface area contributed by atoms with Crippen molar-refractivity contribution in [1.82, 2.24) is 9.80 Å². The first-order valence-corrected chi connectivity index (χ1v) is 9.90. The van der Waals surface area contributed by atoms with E-state index in [2.05, 4.69) is 30.9 Å². The van der Waals surface area contributed by atoms with Crippen molar-refractivity contribution in [2.45, 2.75) is 32.5 Å². The Hall–Kier alpha value is -1.81. The fraction of sp³-hybridized carbons (Fsp3) is 0.318. The van der Waals surface area contributed by atoms with Gasteiger partial charge in [-0.25, -0.2) is 0 Å². The molecule has 27 heavy (non-hydrogen) atoms. The summed E-state index contributed by atoms with van der Waals surface area (Å²) in [4.78, 5) is 17.0. The molecule has 1 aliphatic heterocycles. The van der Waals surface area contributed by atoms with Crippen molar-refractivity contribution in [2.75, 3.05) is 13.1 Å². The molecule has 0 aromatic heterocycles. The van der Waals surface area contributed by atoms with Crippen LogP contribution in [0.5, 0.6) is 0 Å². The van der Waals surface area contributed by atoms with Crippen molar-refractivity contribution in [3.05, 3.63) is 75.8 Å². The lowest BCUT2D eigenvalue weighted by Gasteiger charge is -2.44. The number of amides is 1. The molecule has 2 atom stereocenters. The Morgan fingerprint density at radius 1 is 0.963 bits per heavy atom. The Kier molecular flexibility index (Phi) is 6.59. The molecule has 1 saturated heterocycles. The minimum absolute atomic E-state index is 0.0513. The van der Waals surface area contributed by atoms with Crippen LogP contribution in [0.4, 0.5) is 0 Å². The number of hydrogen-bond acceptors (Lipinski definition) is 2. The maximum atomic E-state index is 12.7. The van der Waals surface area contributed by atoms with E-state index in [1.54, 1.807) is 6.08 Å². The second-order valence-electron chi connectivity index (χ2n) is 7.13. The lowest BCUT2D eigenvalue weighted by Crippen LogP contribution is -2.57. The minimum Gasteiger partial charge on any atom is -0.334 e. The van der Waals surface area contributed by atoms with Gasteiger partial charge in [-0.1, -0.05) is 47.5 Å². The van der Waals surface area contributed by atoms with Crippen LogP contribution in [0.1, 0.15) is 25.0 Å². The Morgan fingerprint density at radius 3 is 2.19 bits per heavy atom. The fourth-order valence-electron chi connectivity index (χ4n) is 3.39. The van der Waals surface area contributed by atoms with Crippen LogP contribution in [0, 0.1) is 0 Å². The Labute approximate surface area is 171 Å². The van der Waals surface area contributed by atoms with Crippen LogP contribution in [0.2, 0.25) is 10.0 Å². The van der Waals surface area contributed by atoms with Crippen molar-refractivity contribution in [3.8, 4) is 0 Å². The normalized spacial score (nSPS) is 21.0. The Bertz CT molecular complexity index is 802. The third-order valence-electron chi connectivity index (χ3n) is 4.99. The maximum Gasteiger partial charge on any atom is 0.246 e. The van der Waals surface area contributed by atoms with Crippen molar-refractivity contribution >= 4 is 35.2 Å². The number of carbonyl (C=O) groups excluding carboxylic acids is 1. The zero-order valence-electron chi connectivity index (χ0n) is 15.6. The second-order valence-corrected chi connectivity index (χ2v) is 8.00. The molecule has 3 rings (SSSR count). The summed E-state index contributed by atoms with van der Waals surface area (Å²) in [5.41, 5.74) is 2.20. The number of rotatable bonds is 4. The van der Waals surface area contributed by atoms with E-state index in [0.717, 1.165) is 30.2 Å². The highest BCUT2D eigenvalue weighted by molar-refractivity contribution is 6.30. The lowest BCUT2D eigenvalue weighted by molar-refractivity contribution is -0.131. The number of halogens is 2. The van der Waals surface area contributed by atoms with Gasteiger partial charge in [-0.05, 0) is 55.3 Å². The summed E-state index contributed by atoms with van der Waals surface area (Å²) >= 11 is 11.9. The highest BCUT2D eigenvalue weighted by Gasteiger charge is 2.30. The second kappa shape index (κ2) is 8.92. The number of benzene rings is 2. The molecule has 0 bridgehead atoms. The molecule has 5 heteroatoms. The molecule has 2 aromatic rings. The van der Waals surface area contributed by atoms with E-state index < -0.39 is 0 Å². The molecule has 1 amide bonds. The van der Waals surface area contributed by atoms with E-state index in [0.29, 0.717) is 11.1 Å². The summed E-state index contributed by atoms with van der Waals surface area (Å²) in [7, 11) is 0. The molecule has 0 radical (unpaired) electrons. The molecule has 1 fully saturated rings. The van der Waals surface area contributed by atoms with E-state index >= 15 is 0 Å². The van der Waals surface area contributed by atoms with Crippen LogP contribution < -0.4 is 0 Å². The summed E-state index contributed by atoms with van der Waals surface area (Å²) in [6.45, 7) is 6.72. The van der Waals surface area contributed by atoms with Crippen LogP contribution in [0.25, 0.3) is 6.08 Å². The summed E-state index contributed by atoms with van der Waals surface area (Å²) in [6, 6.07) is 15.9. The molecule has 142 valence electrons. The topological polar surface area (TPSA) is 23.6 Å². The van der Waals surface area contributed by atoms with E-state index in [1.165, 1.54) is 5.56 Å². The molecule has 3 nitrogen and oxygen atoms in total. The summed E-state index contributed by atoms with van der Waals surface area (Å²) in [6.07, 6.45) is 3.50. The predicted molar refractivity (Wildman–Crippen MR) is 113 cm³/mol. The molecular weight excluding hydrogens is 379 g/mol. The molecule has 1 heterocycles. The van der Waals surface area contributed by atoms with Crippen LogP contribution in [0.15, 0.2) is 54.6 Å². The third kappa shape index (κ3) is 5.35. The van der Waals surface area contributed by atoms with Gasteiger partial charge in [0.05, 0.1) is 0 Å². The van der Waals surface area contributed by atoms with Crippen molar-refractivity contribution in [1.29, 1.82) is 0 Å².